The number of benzene rings is 3. The third kappa shape index (κ3) is 8.22. The monoisotopic (exact) mass is 736 g/mol. The van der Waals surface area contributed by atoms with Crippen molar-refractivity contribution in [1.82, 2.24) is 24.2 Å². The number of hydrogen-bond acceptors (Lipinski definition) is 9. The highest BCUT2D eigenvalue weighted by Gasteiger charge is 2.35. The van der Waals surface area contributed by atoms with E-state index >= 15 is 4.39 Å². The smallest absolute Gasteiger partial charge is 0.493 e. The van der Waals surface area contributed by atoms with Gasteiger partial charge in [0.2, 0.25) is 5.82 Å². The molecule has 12 nitrogen and oxygen atoms in total. The van der Waals surface area contributed by atoms with Gasteiger partial charge in [0.1, 0.15) is 11.4 Å². The van der Waals surface area contributed by atoms with Gasteiger partial charge in [0.15, 0.2) is 28.8 Å². The molecule has 53 heavy (non-hydrogen) atoms. The molecule has 278 valence electrons. The van der Waals surface area contributed by atoms with Gasteiger partial charge in [-0.25, -0.2) is 9.18 Å². The second kappa shape index (κ2) is 15.1. The molecule has 16 heteroatoms. The van der Waals surface area contributed by atoms with Crippen LogP contribution in [-0.4, -0.2) is 69.9 Å². The number of carbonyl (C=O) groups is 1. The predicted octanol–water partition coefficient (Wildman–Crippen LogP) is 7.26. The Hall–Kier alpha value is -5.64. The van der Waals surface area contributed by atoms with Gasteiger partial charge in [0.25, 0.3) is 5.91 Å². The number of halogens is 4. The molecule has 1 amide bonds. The Bertz CT molecular complexity index is 2180. The number of carbonyl (C=O) groups excluding carboxylic acids is 1. The molecule has 0 atom stereocenters. The van der Waals surface area contributed by atoms with E-state index in [2.05, 4.69) is 25.0 Å². The molecule has 1 aliphatic heterocycles. The van der Waals surface area contributed by atoms with Gasteiger partial charge in [-0.2, -0.15) is 4.68 Å². The molecule has 1 aliphatic carbocycles. The molecular weight excluding hydrogens is 700 g/mol. The van der Waals surface area contributed by atoms with E-state index in [-0.39, 0.29) is 29.0 Å². The molecule has 3 aromatic carbocycles. The molecule has 2 aliphatic rings. The Balaban J connectivity index is 1.07. The molecule has 5 aromatic rings. The van der Waals surface area contributed by atoms with E-state index in [1.54, 1.807) is 18.2 Å². The number of nitrogens with one attached hydrogen (secondary N) is 1. The number of nitrogens with zero attached hydrogens (tertiary/aromatic N) is 5. The van der Waals surface area contributed by atoms with Crippen LogP contribution < -0.4 is 30.0 Å². The molecule has 0 bridgehead atoms. The summed E-state index contributed by atoms with van der Waals surface area (Å²) in [4.78, 5) is 33.6. The van der Waals surface area contributed by atoms with Gasteiger partial charge in [0, 0.05) is 42.0 Å². The zero-order chi connectivity index (χ0) is 37.1. The number of amides is 1. The van der Waals surface area contributed by atoms with Crippen LogP contribution in [0, 0.1) is 5.82 Å². The average molecular weight is 737 g/mol. The number of ether oxygens (including phenoxy) is 4. The Labute approximate surface area is 300 Å². The quantitative estimate of drug-likeness (QED) is 0.0983. The van der Waals surface area contributed by atoms with Gasteiger partial charge in [-0.1, -0.05) is 18.6 Å². The van der Waals surface area contributed by atoms with Crippen molar-refractivity contribution < 1.29 is 41.3 Å². The number of hydrogen-bond donors (Lipinski definition) is 1. The zero-order valence-electron chi connectivity index (χ0n) is 28.7. The summed E-state index contributed by atoms with van der Waals surface area (Å²) in [6.07, 6.45) is 2.24. The summed E-state index contributed by atoms with van der Waals surface area (Å²) in [6.45, 7) is 3.70. The first-order chi connectivity index (χ1) is 25.6. The number of anilines is 1. The zero-order valence-corrected chi connectivity index (χ0v) is 28.7. The average Bonchev–Trinajstić information content (AvgIpc) is 3.92. The standard InChI is InChI=1S/C37H36F4N6O6/c1-50-32-21-25-27(22-33(32)51-19-7-18-45-16-5-2-6-17-45)42-15-14-29(25)52-30-13-10-23(20-26(30)38)43-35(48)34-44-47(36(49)46(34)24-11-12-24)28-8-3-4-9-31(28)53-37(39,40)41/h3-4,8-10,13-15,20-22,24H,2,5-7,11-12,16-19H2,1H3,(H,43,48). The lowest BCUT2D eigenvalue weighted by Crippen LogP contribution is -2.31. The first-order valence-electron chi connectivity index (χ1n) is 17.3. The number of likely N-dealkylation sites (tertiary alicyclic amines) is 1. The maximum Gasteiger partial charge on any atom is 0.573 e. The van der Waals surface area contributed by atoms with Gasteiger partial charge < -0.3 is 29.2 Å². The minimum atomic E-state index is -5.03. The lowest BCUT2D eigenvalue weighted by atomic mass is 10.1. The summed E-state index contributed by atoms with van der Waals surface area (Å²) in [5, 5.41) is 7.15. The van der Waals surface area contributed by atoms with E-state index < -0.39 is 29.5 Å². The van der Waals surface area contributed by atoms with E-state index in [0.717, 1.165) is 42.8 Å². The van der Waals surface area contributed by atoms with Crippen molar-refractivity contribution >= 4 is 22.5 Å². The number of rotatable bonds is 13. The van der Waals surface area contributed by atoms with Crippen LogP contribution in [-0.2, 0) is 0 Å². The fourth-order valence-corrected chi connectivity index (χ4v) is 6.30. The van der Waals surface area contributed by atoms with E-state index in [0.29, 0.717) is 52.3 Å². The summed E-state index contributed by atoms with van der Waals surface area (Å²) in [6, 6.07) is 13.4. The lowest BCUT2D eigenvalue weighted by Gasteiger charge is -2.26. The van der Waals surface area contributed by atoms with Crippen LogP contribution in [0.3, 0.4) is 0 Å². The highest BCUT2D eigenvalue weighted by Crippen LogP contribution is 2.39. The molecule has 0 radical (unpaired) electrons. The van der Waals surface area contributed by atoms with Crippen molar-refractivity contribution in [1.29, 1.82) is 0 Å². The normalized spacial score (nSPS) is 15.0. The van der Waals surface area contributed by atoms with Crippen molar-refractivity contribution in [3.05, 3.63) is 89.0 Å². The second-order valence-electron chi connectivity index (χ2n) is 12.8. The minimum absolute atomic E-state index is 0.0216. The lowest BCUT2D eigenvalue weighted by molar-refractivity contribution is -0.274. The van der Waals surface area contributed by atoms with E-state index in [4.69, 9.17) is 14.2 Å². The second-order valence-corrected chi connectivity index (χ2v) is 12.8. The summed E-state index contributed by atoms with van der Waals surface area (Å²) < 4.78 is 78.2. The fourth-order valence-electron chi connectivity index (χ4n) is 6.30. The molecule has 3 heterocycles. The van der Waals surface area contributed by atoms with Crippen LogP contribution in [0.4, 0.5) is 23.2 Å². The molecule has 0 spiro atoms. The van der Waals surface area contributed by atoms with Gasteiger partial charge in [-0.3, -0.25) is 14.3 Å². The maximum atomic E-state index is 15.5. The van der Waals surface area contributed by atoms with E-state index in [9.17, 15) is 22.8 Å². The molecule has 1 saturated heterocycles. The molecule has 1 saturated carbocycles. The highest BCUT2D eigenvalue weighted by atomic mass is 19.4. The number of aromatic nitrogens is 4. The van der Waals surface area contributed by atoms with Crippen molar-refractivity contribution in [2.45, 2.75) is 50.9 Å². The number of piperidine rings is 1. The Morgan fingerprint density at radius 2 is 1.74 bits per heavy atom. The van der Waals surface area contributed by atoms with Crippen LogP contribution in [0.25, 0.3) is 16.6 Å². The van der Waals surface area contributed by atoms with Crippen molar-refractivity contribution in [2.24, 2.45) is 0 Å². The largest absolute Gasteiger partial charge is 0.573 e. The van der Waals surface area contributed by atoms with Crippen molar-refractivity contribution in [3.63, 3.8) is 0 Å². The Morgan fingerprint density at radius 1 is 0.943 bits per heavy atom. The Kier molecular flexibility index (Phi) is 10.2. The molecule has 2 fully saturated rings. The Morgan fingerprint density at radius 3 is 2.47 bits per heavy atom. The molecule has 0 unspecified atom stereocenters. The van der Waals surface area contributed by atoms with Crippen LogP contribution in [0.1, 0.15) is 55.2 Å². The van der Waals surface area contributed by atoms with Crippen molar-refractivity contribution in [3.8, 4) is 34.4 Å². The number of para-hydroxylation sites is 2. The predicted molar refractivity (Wildman–Crippen MR) is 186 cm³/mol. The van der Waals surface area contributed by atoms with E-state index in [1.807, 2.05) is 0 Å². The van der Waals surface area contributed by atoms with Crippen LogP contribution in [0.5, 0.6) is 28.7 Å². The highest BCUT2D eigenvalue weighted by molar-refractivity contribution is 6.01. The first kappa shape index (κ1) is 35.7. The van der Waals surface area contributed by atoms with Crippen LogP contribution >= 0.6 is 0 Å². The molecule has 2 aromatic heterocycles. The summed E-state index contributed by atoms with van der Waals surface area (Å²) in [5.41, 5.74) is -0.552. The summed E-state index contributed by atoms with van der Waals surface area (Å²) >= 11 is 0. The van der Waals surface area contributed by atoms with Gasteiger partial charge in [-0.15, -0.1) is 18.3 Å². The van der Waals surface area contributed by atoms with Crippen molar-refractivity contribution in [2.75, 3.05) is 38.7 Å². The first-order valence-corrected chi connectivity index (χ1v) is 17.3. The molecule has 1 N–H and O–H groups in total. The topological polar surface area (TPSA) is 122 Å². The molecule has 7 rings (SSSR count). The van der Waals surface area contributed by atoms with Gasteiger partial charge in [0.05, 0.1) is 19.2 Å². The van der Waals surface area contributed by atoms with Crippen LogP contribution in [0.2, 0.25) is 0 Å². The minimum Gasteiger partial charge on any atom is -0.493 e. The van der Waals surface area contributed by atoms with Crippen LogP contribution in [0.15, 0.2) is 71.7 Å². The summed E-state index contributed by atoms with van der Waals surface area (Å²) in [5.74, 6) is -1.55. The fraction of sp³-hybridized carbons (Fsp3) is 0.351. The third-order valence-corrected chi connectivity index (χ3v) is 8.97. The summed E-state index contributed by atoms with van der Waals surface area (Å²) in [7, 11) is 1.53. The number of fused-ring (bicyclic) bond motifs is 1. The number of methoxy groups -OCH3 is 1. The van der Waals surface area contributed by atoms with Gasteiger partial charge >= 0.3 is 12.1 Å². The SMILES string of the molecule is COc1cc2c(Oc3ccc(NC(=O)c4nn(-c5ccccc5OC(F)(F)F)c(=O)n4C4CC4)cc3F)ccnc2cc1OCCCN1CCCCC1. The van der Waals surface area contributed by atoms with E-state index in [1.165, 1.54) is 62.9 Å². The maximum absolute atomic E-state index is 15.5. The van der Waals surface area contributed by atoms with Gasteiger partial charge in [-0.05, 0) is 81.6 Å². The molecular formula is C37H36F4N6O6. The number of pyridine rings is 1. The number of alkyl halides is 3. The third-order valence-electron chi connectivity index (χ3n) is 8.97.